The number of aliphatic hydroxyl groups excluding tert-OH is 1. The summed E-state index contributed by atoms with van der Waals surface area (Å²) >= 11 is 1.57. The van der Waals surface area contributed by atoms with Crippen LogP contribution < -0.4 is 10.2 Å². The van der Waals surface area contributed by atoms with Gasteiger partial charge in [0.25, 0.3) is 0 Å². The quantitative estimate of drug-likeness (QED) is 0.594. The SMILES string of the molecule is CCCNc1cc(N2CCC(CCO)C2)nc(SC)n1. The number of nitrogens with zero attached hydrogens (tertiary/aromatic N) is 3. The van der Waals surface area contributed by atoms with Crippen LogP contribution in [0.2, 0.25) is 0 Å². The molecule has 1 aliphatic rings. The lowest BCUT2D eigenvalue weighted by Crippen LogP contribution is -2.22. The molecule has 2 N–H and O–H groups in total. The molecule has 0 radical (unpaired) electrons. The minimum absolute atomic E-state index is 0.279. The Balaban J connectivity index is 2.10. The molecule has 5 nitrogen and oxygen atoms in total. The number of hydrogen-bond donors (Lipinski definition) is 2. The minimum atomic E-state index is 0.279. The monoisotopic (exact) mass is 296 g/mol. The van der Waals surface area contributed by atoms with Crippen molar-refractivity contribution in [2.24, 2.45) is 5.92 Å². The van der Waals surface area contributed by atoms with Crippen molar-refractivity contribution in [1.29, 1.82) is 0 Å². The van der Waals surface area contributed by atoms with Crippen LogP contribution in [0.4, 0.5) is 11.6 Å². The van der Waals surface area contributed by atoms with E-state index in [4.69, 9.17) is 5.11 Å². The molecule has 0 aromatic carbocycles. The van der Waals surface area contributed by atoms with Gasteiger partial charge >= 0.3 is 0 Å². The summed E-state index contributed by atoms with van der Waals surface area (Å²) in [6, 6.07) is 2.04. The van der Waals surface area contributed by atoms with Gasteiger partial charge in [-0.3, -0.25) is 0 Å². The van der Waals surface area contributed by atoms with Crippen LogP contribution in [0.5, 0.6) is 0 Å². The van der Waals surface area contributed by atoms with Crippen molar-refractivity contribution in [1.82, 2.24) is 9.97 Å². The highest BCUT2D eigenvalue weighted by atomic mass is 32.2. The Kier molecular flexibility index (Phi) is 5.91. The highest BCUT2D eigenvalue weighted by molar-refractivity contribution is 7.98. The summed E-state index contributed by atoms with van der Waals surface area (Å²) in [5.41, 5.74) is 0. The second-order valence-corrected chi connectivity index (χ2v) is 5.91. The lowest BCUT2D eigenvalue weighted by atomic mass is 10.1. The Bertz CT molecular complexity index is 430. The van der Waals surface area contributed by atoms with E-state index >= 15 is 0 Å². The zero-order valence-corrected chi connectivity index (χ0v) is 13.1. The van der Waals surface area contributed by atoms with Crippen molar-refractivity contribution in [3.05, 3.63) is 6.07 Å². The summed E-state index contributed by atoms with van der Waals surface area (Å²) in [5.74, 6) is 2.50. The third-order valence-corrected chi connectivity index (χ3v) is 4.13. The molecule has 1 unspecified atom stereocenters. The van der Waals surface area contributed by atoms with Crippen LogP contribution in [0.1, 0.15) is 26.2 Å². The molecule has 0 spiro atoms. The zero-order valence-electron chi connectivity index (χ0n) is 12.3. The fraction of sp³-hybridized carbons (Fsp3) is 0.714. The molecule has 20 heavy (non-hydrogen) atoms. The van der Waals surface area contributed by atoms with Crippen LogP contribution in [-0.2, 0) is 0 Å². The molecule has 1 aromatic heterocycles. The molecule has 6 heteroatoms. The van der Waals surface area contributed by atoms with E-state index in [0.29, 0.717) is 5.92 Å². The first-order chi connectivity index (χ1) is 9.76. The van der Waals surface area contributed by atoms with Crippen molar-refractivity contribution in [3.63, 3.8) is 0 Å². The van der Waals surface area contributed by atoms with Gasteiger partial charge in [-0.15, -0.1) is 0 Å². The molecule has 1 fully saturated rings. The van der Waals surface area contributed by atoms with Crippen LogP contribution >= 0.6 is 11.8 Å². The first-order valence-electron chi connectivity index (χ1n) is 7.29. The number of aliphatic hydroxyl groups is 1. The molecule has 1 saturated heterocycles. The predicted octanol–water partition coefficient (Wildman–Crippen LogP) is 2.23. The van der Waals surface area contributed by atoms with E-state index in [0.717, 1.165) is 55.7 Å². The standard InChI is InChI=1S/C14H24N4OS/c1-3-6-15-12-9-13(17-14(16-12)20-2)18-7-4-11(10-18)5-8-19/h9,11,19H,3-8,10H2,1-2H3,(H,15,16,17). The van der Waals surface area contributed by atoms with Gasteiger partial charge in [0.1, 0.15) is 11.6 Å². The average molecular weight is 296 g/mol. The smallest absolute Gasteiger partial charge is 0.191 e. The first-order valence-corrected chi connectivity index (χ1v) is 8.52. The molecule has 1 aromatic rings. The number of hydrogen-bond acceptors (Lipinski definition) is 6. The van der Waals surface area contributed by atoms with Gasteiger partial charge in [-0.25, -0.2) is 9.97 Å². The van der Waals surface area contributed by atoms with Gasteiger partial charge in [-0.2, -0.15) is 0 Å². The van der Waals surface area contributed by atoms with Gasteiger partial charge < -0.3 is 15.3 Å². The number of anilines is 2. The van der Waals surface area contributed by atoms with E-state index < -0.39 is 0 Å². The molecule has 0 amide bonds. The second kappa shape index (κ2) is 7.69. The molecular formula is C14H24N4OS. The van der Waals surface area contributed by atoms with Gasteiger partial charge in [0, 0.05) is 32.3 Å². The van der Waals surface area contributed by atoms with Crippen molar-refractivity contribution < 1.29 is 5.11 Å². The summed E-state index contributed by atoms with van der Waals surface area (Å²) in [7, 11) is 0. The Morgan fingerprint density at radius 2 is 2.35 bits per heavy atom. The molecule has 2 rings (SSSR count). The Labute approximate surface area is 125 Å². The minimum Gasteiger partial charge on any atom is -0.396 e. The highest BCUT2D eigenvalue weighted by Gasteiger charge is 2.23. The molecule has 0 bridgehead atoms. The Morgan fingerprint density at radius 1 is 1.50 bits per heavy atom. The molecule has 1 atom stereocenters. The number of rotatable bonds is 7. The van der Waals surface area contributed by atoms with Crippen LogP contribution in [-0.4, -0.2) is 47.6 Å². The largest absolute Gasteiger partial charge is 0.396 e. The van der Waals surface area contributed by atoms with Crippen LogP contribution in [0.25, 0.3) is 0 Å². The summed E-state index contributed by atoms with van der Waals surface area (Å²) in [5, 5.41) is 13.2. The first kappa shape index (κ1) is 15.4. The average Bonchev–Trinajstić information content (AvgIpc) is 2.94. The molecule has 1 aliphatic heterocycles. The van der Waals surface area contributed by atoms with Crippen molar-refractivity contribution >= 4 is 23.4 Å². The fourth-order valence-electron chi connectivity index (χ4n) is 2.47. The topological polar surface area (TPSA) is 61.3 Å². The number of aromatic nitrogens is 2. The Hall–Kier alpha value is -1.01. The van der Waals surface area contributed by atoms with Gasteiger partial charge in [0.15, 0.2) is 5.16 Å². The van der Waals surface area contributed by atoms with E-state index in [1.165, 1.54) is 0 Å². The van der Waals surface area contributed by atoms with E-state index in [9.17, 15) is 0 Å². The van der Waals surface area contributed by atoms with Crippen molar-refractivity contribution in [3.8, 4) is 0 Å². The molecule has 0 aliphatic carbocycles. The van der Waals surface area contributed by atoms with Crippen LogP contribution in [0.3, 0.4) is 0 Å². The van der Waals surface area contributed by atoms with Gasteiger partial charge in [-0.05, 0) is 31.4 Å². The van der Waals surface area contributed by atoms with Crippen LogP contribution in [0, 0.1) is 5.92 Å². The molecular weight excluding hydrogens is 272 g/mol. The van der Waals surface area contributed by atoms with Crippen molar-refractivity contribution in [2.45, 2.75) is 31.3 Å². The van der Waals surface area contributed by atoms with E-state index in [1.54, 1.807) is 11.8 Å². The van der Waals surface area contributed by atoms with Crippen LogP contribution in [0.15, 0.2) is 11.2 Å². The second-order valence-electron chi connectivity index (χ2n) is 5.14. The lowest BCUT2D eigenvalue weighted by Gasteiger charge is -2.19. The van der Waals surface area contributed by atoms with Gasteiger partial charge in [0.05, 0.1) is 0 Å². The summed E-state index contributed by atoms with van der Waals surface area (Å²) in [6.07, 6.45) is 5.10. The maximum absolute atomic E-state index is 9.05. The number of nitrogens with one attached hydrogen (secondary N) is 1. The van der Waals surface area contributed by atoms with E-state index in [-0.39, 0.29) is 6.61 Å². The van der Waals surface area contributed by atoms with E-state index in [1.807, 2.05) is 12.3 Å². The molecule has 112 valence electrons. The van der Waals surface area contributed by atoms with Gasteiger partial charge in [0.2, 0.25) is 0 Å². The predicted molar refractivity (Wildman–Crippen MR) is 84.6 cm³/mol. The summed E-state index contributed by atoms with van der Waals surface area (Å²) < 4.78 is 0. The van der Waals surface area contributed by atoms with Gasteiger partial charge in [-0.1, -0.05) is 18.7 Å². The Morgan fingerprint density at radius 3 is 3.05 bits per heavy atom. The van der Waals surface area contributed by atoms with Crippen molar-refractivity contribution in [2.75, 3.05) is 42.7 Å². The maximum atomic E-state index is 9.05. The third kappa shape index (κ3) is 3.99. The normalized spacial score (nSPS) is 18.6. The molecule has 0 saturated carbocycles. The van der Waals surface area contributed by atoms with E-state index in [2.05, 4.69) is 27.1 Å². The molecule has 2 heterocycles. The lowest BCUT2D eigenvalue weighted by molar-refractivity contribution is 0.263. The summed E-state index contributed by atoms with van der Waals surface area (Å²) in [6.45, 7) is 5.35. The maximum Gasteiger partial charge on any atom is 0.191 e. The summed E-state index contributed by atoms with van der Waals surface area (Å²) in [4.78, 5) is 11.4. The third-order valence-electron chi connectivity index (χ3n) is 3.58. The fourth-order valence-corrected chi connectivity index (χ4v) is 2.84. The number of thioether (sulfide) groups is 1. The zero-order chi connectivity index (χ0) is 14.4. The highest BCUT2D eigenvalue weighted by Crippen LogP contribution is 2.27.